The molecule has 0 unspecified atom stereocenters. The van der Waals surface area contributed by atoms with E-state index in [0.29, 0.717) is 0 Å². The molecule has 0 aliphatic carbocycles. The lowest BCUT2D eigenvalue weighted by Crippen LogP contribution is -1.92. The highest BCUT2D eigenvalue weighted by Gasteiger charge is 2.19. The molecule has 0 fully saturated rings. The second kappa shape index (κ2) is 13.2. The highest BCUT2D eigenvalue weighted by Crippen LogP contribution is 2.47. The summed E-state index contributed by atoms with van der Waals surface area (Å²) >= 11 is 0. The van der Waals surface area contributed by atoms with Crippen LogP contribution in [0.3, 0.4) is 0 Å². The van der Waals surface area contributed by atoms with Crippen LogP contribution in [-0.4, -0.2) is 0 Å². The summed E-state index contributed by atoms with van der Waals surface area (Å²) in [5, 5.41) is 12.7. The molecule has 56 heavy (non-hydrogen) atoms. The van der Waals surface area contributed by atoms with Crippen LogP contribution in [0.25, 0.3) is 109 Å². The van der Waals surface area contributed by atoms with Gasteiger partial charge in [0.05, 0.1) is 0 Å². The summed E-state index contributed by atoms with van der Waals surface area (Å²) in [5.74, 6) is 0. The van der Waals surface area contributed by atoms with Crippen LogP contribution in [0, 0.1) is 0 Å². The summed E-state index contributed by atoms with van der Waals surface area (Å²) in [6.45, 7) is 0. The maximum atomic E-state index is 2.40. The Morgan fingerprint density at radius 3 is 1.25 bits per heavy atom. The summed E-state index contributed by atoms with van der Waals surface area (Å²) < 4.78 is 0. The van der Waals surface area contributed by atoms with Crippen molar-refractivity contribution in [3.8, 4) is 55.6 Å². The lowest BCUT2D eigenvalue weighted by molar-refractivity contribution is 1.58. The summed E-state index contributed by atoms with van der Waals surface area (Å²) in [7, 11) is 0. The van der Waals surface area contributed by atoms with Gasteiger partial charge in [-0.3, -0.25) is 0 Å². The summed E-state index contributed by atoms with van der Waals surface area (Å²) in [5.41, 5.74) is 12.4. The fraction of sp³-hybridized carbons (Fsp3) is 0. The molecular weight excluding hydrogens is 673 g/mol. The fourth-order valence-electron chi connectivity index (χ4n) is 8.94. The Hall–Kier alpha value is -7.28. The van der Waals surface area contributed by atoms with Gasteiger partial charge in [-0.1, -0.05) is 194 Å². The smallest absolute Gasteiger partial charge is 0.00199 e. The average molecular weight is 709 g/mol. The average Bonchev–Trinajstić information content (AvgIpc) is 3.28. The first-order valence-electron chi connectivity index (χ1n) is 19.4. The lowest BCUT2D eigenvalue weighted by atomic mass is 9.83. The number of benzene rings is 11. The Kier molecular flexibility index (Phi) is 7.60. The topological polar surface area (TPSA) is 0 Å². The fourth-order valence-corrected chi connectivity index (χ4v) is 8.94. The number of fused-ring (bicyclic) bond motifs is 6. The third-order valence-electron chi connectivity index (χ3n) is 11.6. The van der Waals surface area contributed by atoms with Crippen LogP contribution in [0.2, 0.25) is 0 Å². The third-order valence-corrected chi connectivity index (χ3v) is 11.6. The quantitative estimate of drug-likeness (QED) is 0.123. The zero-order chi connectivity index (χ0) is 37.0. The highest BCUT2D eigenvalue weighted by molar-refractivity contribution is 6.26. The van der Waals surface area contributed by atoms with Crippen molar-refractivity contribution in [2.45, 2.75) is 0 Å². The molecule has 0 aromatic heterocycles. The van der Waals surface area contributed by atoms with Gasteiger partial charge in [0.1, 0.15) is 0 Å². The summed E-state index contributed by atoms with van der Waals surface area (Å²) in [4.78, 5) is 0. The molecule has 11 rings (SSSR count). The highest BCUT2D eigenvalue weighted by atomic mass is 14.2. The molecule has 0 atom stereocenters. The number of hydrogen-bond acceptors (Lipinski definition) is 0. The van der Waals surface area contributed by atoms with Crippen LogP contribution in [0.15, 0.2) is 218 Å². The molecule has 260 valence electrons. The van der Waals surface area contributed by atoms with Crippen LogP contribution in [0.4, 0.5) is 0 Å². The van der Waals surface area contributed by atoms with E-state index < -0.39 is 0 Å². The molecule has 0 heterocycles. The van der Waals surface area contributed by atoms with Gasteiger partial charge in [0.2, 0.25) is 0 Å². The van der Waals surface area contributed by atoms with Gasteiger partial charge < -0.3 is 0 Å². The summed E-state index contributed by atoms with van der Waals surface area (Å²) in [6, 6.07) is 80.3. The predicted molar refractivity (Wildman–Crippen MR) is 241 cm³/mol. The van der Waals surface area contributed by atoms with Crippen LogP contribution in [0.5, 0.6) is 0 Å². The Morgan fingerprint density at radius 2 is 0.607 bits per heavy atom. The molecule has 11 aromatic rings. The first-order chi connectivity index (χ1) is 27.8. The molecule has 0 nitrogen and oxygen atoms in total. The van der Waals surface area contributed by atoms with E-state index in [4.69, 9.17) is 0 Å². The first kappa shape index (κ1) is 32.2. The zero-order valence-electron chi connectivity index (χ0n) is 30.8. The van der Waals surface area contributed by atoms with Crippen molar-refractivity contribution in [1.82, 2.24) is 0 Å². The molecule has 0 spiro atoms. The minimum absolute atomic E-state index is 1.21. The normalized spacial score (nSPS) is 11.6. The maximum Gasteiger partial charge on any atom is -0.00199 e. The Labute approximate surface area is 326 Å². The van der Waals surface area contributed by atoms with Gasteiger partial charge in [0.25, 0.3) is 0 Å². The molecule has 0 aliphatic heterocycles. The molecule has 0 amide bonds. The van der Waals surface area contributed by atoms with Crippen molar-refractivity contribution < 1.29 is 0 Å². The Bertz CT molecular complexity index is 3220. The second-order valence-electron chi connectivity index (χ2n) is 14.8. The van der Waals surface area contributed by atoms with Crippen LogP contribution >= 0.6 is 0 Å². The van der Waals surface area contributed by atoms with Gasteiger partial charge >= 0.3 is 0 Å². The zero-order valence-corrected chi connectivity index (χ0v) is 30.8. The van der Waals surface area contributed by atoms with E-state index in [-0.39, 0.29) is 0 Å². The number of hydrogen-bond donors (Lipinski definition) is 0. The van der Waals surface area contributed by atoms with E-state index in [2.05, 4.69) is 218 Å². The van der Waals surface area contributed by atoms with E-state index >= 15 is 0 Å². The minimum atomic E-state index is 1.21. The molecule has 0 saturated heterocycles. The molecule has 0 N–H and O–H groups in total. The molecule has 0 heteroatoms. The Morgan fingerprint density at radius 1 is 0.179 bits per heavy atom. The second-order valence-corrected chi connectivity index (χ2v) is 14.8. The molecule has 11 aromatic carbocycles. The SMILES string of the molecule is c1ccc(-c2cccc(-c3ccc(-c4ccc5ccc(-c6c7ccccc7c(-c7cc8ccccc8c8ccccc78)c7ccccc67)cc5c4)cc3)c2)cc1. The molecule has 0 bridgehead atoms. The van der Waals surface area contributed by atoms with E-state index in [1.807, 2.05) is 0 Å². The van der Waals surface area contributed by atoms with Crippen molar-refractivity contribution >= 4 is 53.9 Å². The molecule has 0 saturated carbocycles. The van der Waals surface area contributed by atoms with Crippen molar-refractivity contribution in [3.05, 3.63) is 218 Å². The van der Waals surface area contributed by atoms with E-state index in [9.17, 15) is 0 Å². The van der Waals surface area contributed by atoms with Crippen molar-refractivity contribution in [2.75, 3.05) is 0 Å². The third kappa shape index (κ3) is 5.38. The Balaban J connectivity index is 1.04. The van der Waals surface area contributed by atoms with Gasteiger partial charge in [0.15, 0.2) is 0 Å². The molecular formula is C56H36. The van der Waals surface area contributed by atoms with E-state index in [0.717, 1.165) is 0 Å². The van der Waals surface area contributed by atoms with Crippen molar-refractivity contribution in [3.63, 3.8) is 0 Å². The number of rotatable bonds is 5. The predicted octanol–water partition coefficient (Wildman–Crippen LogP) is 15.8. The van der Waals surface area contributed by atoms with Gasteiger partial charge in [-0.05, 0) is 134 Å². The van der Waals surface area contributed by atoms with Crippen LogP contribution < -0.4 is 0 Å². The van der Waals surface area contributed by atoms with Gasteiger partial charge in [0, 0.05) is 0 Å². The van der Waals surface area contributed by atoms with Crippen molar-refractivity contribution in [2.24, 2.45) is 0 Å². The first-order valence-corrected chi connectivity index (χ1v) is 19.4. The standard InChI is InChI=1S/C56H36/c1-2-13-37(14-3-1)41-16-12-17-42(33-41)38-25-27-39(28-26-38)43-31-29-40-30-32-45(35-46(40)34-43)55-50-21-8-10-23-52(50)56(53-24-11-9-22-51(53)55)54-36-44-15-4-5-18-47(44)48-19-6-7-20-49(48)54/h1-36H. The van der Waals surface area contributed by atoms with Gasteiger partial charge in [-0.25, -0.2) is 0 Å². The minimum Gasteiger partial charge on any atom is -0.0622 e. The van der Waals surface area contributed by atoms with Crippen LogP contribution in [-0.2, 0) is 0 Å². The molecule has 0 aliphatic rings. The van der Waals surface area contributed by atoms with Gasteiger partial charge in [-0.15, -0.1) is 0 Å². The monoisotopic (exact) mass is 708 g/mol. The largest absolute Gasteiger partial charge is 0.0622 e. The summed E-state index contributed by atoms with van der Waals surface area (Å²) in [6.07, 6.45) is 0. The van der Waals surface area contributed by atoms with Crippen molar-refractivity contribution in [1.29, 1.82) is 0 Å². The maximum absolute atomic E-state index is 2.40. The van der Waals surface area contributed by atoms with Crippen LogP contribution in [0.1, 0.15) is 0 Å². The lowest BCUT2D eigenvalue weighted by Gasteiger charge is -2.20. The van der Waals surface area contributed by atoms with E-state index in [1.54, 1.807) is 0 Å². The van der Waals surface area contributed by atoms with Gasteiger partial charge in [-0.2, -0.15) is 0 Å². The van der Waals surface area contributed by atoms with E-state index in [1.165, 1.54) is 109 Å². The molecule has 0 radical (unpaired) electrons.